The van der Waals surface area contributed by atoms with Gasteiger partial charge in [-0.25, -0.2) is 4.98 Å². The molecule has 0 fully saturated rings. The van der Waals surface area contributed by atoms with Gasteiger partial charge >= 0.3 is 0 Å². The van der Waals surface area contributed by atoms with E-state index in [2.05, 4.69) is 22.2 Å². The molecule has 1 heterocycles. The number of hydrogen-bond acceptors (Lipinski definition) is 4. The van der Waals surface area contributed by atoms with E-state index in [9.17, 15) is 0 Å². The average Bonchev–Trinajstić information content (AvgIpc) is 2.80. The maximum atomic E-state index is 5.19. The normalized spacial score (nSPS) is 11.0. The van der Waals surface area contributed by atoms with E-state index < -0.39 is 0 Å². The molecule has 0 spiro atoms. The Kier molecular flexibility index (Phi) is 4.90. The Morgan fingerprint density at radius 1 is 1.39 bits per heavy atom. The Morgan fingerprint density at radius 3 is 3.06 bits per heavy atom. The first-order chi connectivity index (χ1) is 8.83. The number of hydrogen-bond donors (Lipinski definition) is 2. The molecule has 2 aromatic rings. The van der Waals surface area contributed by atoms with Gasteiger partial charge in [0.25, 0.3) is 0 Å². The molecule has 0 atom stereocenters. The summed E-state index contributed by atoms with van der Waals surface area (Å²) < 4.78 is 5.19. The molecule has 98 valence electrons. The molecule has 0 bridgehead atoms. The minimum absolute atomic E-state index is 0.854. The van der Waals surface area contributed by atoms with Crippen molar-refractivity contribution in [2.24, 2.45) is 0 Å². The van der Waals surface area contributed by atoms with E-state index in [4.69, 9.17) is 4.74 Å². The summed E-state index contributed by atoms with van der Waals surface area (Å²) in [6.45, 7) is 4.27. The minimum Gasteiger partial charge on any atom is -0.497 e. The molecule has 0 radical (unpaired) electrons. The summed E-state index contributed by atoms with van der Waals surface area (Å²) in [6, 6.07) is 5.88. The lowest BCUT2D eigenvalue weighted by Crippen LogP contribution is -2.17. The second kappa shape index (κ2) is 6.66. The molecule has 0 saturated carbocycles. The molecular formula is C13H19N3OS. The topological polar surface area (TPSA) is 49.9 Å². The summed E-state index contributed by atoms with van der Waals surface area (Å²) in [7, 11) is 1.67. The average molecular weight is 265 g/mol. The molecule has 4 nitrogen and oxygen atoms in total. The largest absolute Gasteiger partial charge is 0.497 e. The Balaban J connectivity index is 1.93. The van der Waals surface area contributed by atoms with Crippen LogP contribution in [-0.2, 0) is 0 Å². The fourth-order valence-electron chi connectivity index (χ4n) is 1.68. The quantitative estimate of drug-likeness (QED) is 0.597. The third-order valence-corrected chi connectivity index (χ3v) is 3.49. The summed E-state index contributed by atoms with van der Waals surface area (Å²) in [6.07, 6.45) is 1.18. The zero-order valence-electron chi connectivity index (χ0n) is 10.8. The molecule has 5 heteroatoms. The second-order valence-corrected chi connectivity index (χ2v) is 5.11. The summed E-state index contributed by atoms with van der Waals surface area (Å²) in [5.74, 6) is 1.88. The van der Waals surface area contributed by atoms with Gasteiger partial charge in [-0.15, -0.1) is 0 Å². The van der Waals surface area contributed by atoms with Crippen LogP contribution >= 0.6 is 11.8 Å². The van der Waals surface area contributed by atoms with Crippen molar-refractivity contribution in [1.82, 2.24) is 15.3 Å². The molecule has 18 heavy (non-hydrogen) atoms. The van der Waals surface area contributed by atoms with E-state index >= 15 is 0 Å². The Morgan fingerprint density at radius 2 is 2.28 bits per heavy atom. The zero-order valence-corrected chi connectivity index (χ0v) is 11.6. The third-order valence-electron chi connectivity index (χ3n) is 2.61. The number of fused-ring (bicyclic) bond motifs is 1. The molecule has 0 unspecified atom stereocenters. The summed E-state index contributed by atoms with van der Waals surface area (Å²) >= 11 is 1.74. The number of rotatable bonds is 7. The van der Waals surface area contributed by atoms with Gasteiger partial charge in [-0.2, -0.15) is 0 Å². The van der Waals surface area contributed by atoms with Gasteiger partial charge in [0.05, 0.1) is 18.1 Å². The van der Waals surface area contributed by atoms with Gasteiger partial charge in [-0.05, 0) is 25.1 Å². The number of methoxy groups -OCH3 is 1. The van der Waals surface area contributed by atoms with Crippen LogP contribution in [0.25, 0.3) is 11.0 Å². The van der Waals surface area contributed by atoms with Gasteiger partial charge in [-0.1, -0.05) is 18.7 Å². The first-order valence-electron chi connectivity index (χ1n) is 6.20. The Bertz CT molecular complexity index is 498. The molecule has 0 aliphatic carbocycles. The molecule has 0 saturated heterocycles. The summed E-state index contributed by atoms with van der Waals surface area (Å²) in [4.78, 5) is 7.84. The molecule has 0 aliphatic heterocycles. The summed E-state index contributed by atoms with van der Waals surface area (Å²) in [5.41, 5.74) is 2.01. The molecule has 0 amide bonds. The minimum atomic E-state index is 0.854. The highest BCUT2D eigenvalue weighted by atomic mass is 32.2. The highest BCUT2D eigenvalue weighted by Gasteiger charge is 2.04. The lowest BCUT2D eigenvalue weighted by molar-refractivity contribution is 0.415. The SMILES string of the molecule is CCCNCCSc1nc2ccc(OC)cc2[nH]1. The molecule has 1 aromatic heterocycles. The van der Waals surface area contributed by atoms with Crippen molar-refractivity contribution >= 4 is 22.8 Å². The van der Waals surface area contributed by atoms with Gasteiger partial charge < -0.3 is 15.0 Å². The van der Waals surface area contributed by atoms with Crippen LogP contribution in [0.2, 0.25) is 0 Å². The van der Waals surface area contributed by atoms with Crippen LogP contribution < -0.4 is 10.1 Å². The van der Waals surface area contributed by atoms with Crippen LogP contribution in [0.4, 0.5) is 0 Å². The van der Waals surface area contributed by atoms with Crippen LogP contribution in [0.5, 0.6) is 5.75 Å². The molecule has 2 N–H and O–H groups in total. The van der Waals surface area contributed by atoms with Crippen LogP contribution in [0.3, 0.4) is 0 Å². The van der Waals surface area contributed by atoms with Crippen LogP contribution in [0, 0.1) is 0 Å². The monoisotopic (exact) mass is 265 g/mol. The Labute approximate surface area is 112 Å². The lowest BCUT2D eigenvalue weighted by Gasteiger charge is -2.00. The van der Waals surface area contributed by atoms with Crippen molar-refractivity contribution in [2.45, 2.75) is 18.5 Å². The molecular weight excluding hydrogens is 246 g/mol. The predicted molar refractivity (Wildman–Crippen MR) is 76.5 cm³/mol. The van der Waals surface area contributed by atoms with Crippen molar-refractivity contribution in [1.29, 1.82) is 0 Å². The highest BCUT2D eigenvalue weighted by molar-refractivity contribution is 7.99. The first-order valence-corrected chi connectivity index (χ1v) is 7.19. The van der Waals surface area contributed by atoms with Crippen molar-refractivity contribution in [3.8, 4) is 5.75 Å². The fraction of sp³-hybridized carbons (Fsp3) is 0.462. The van der Waals surface area contributed by atoms with E-state index in [0.29, 0.717) is 0 Å². The lowest BCUT2D eigenvalue weighted by atomic mass is 10.3. The van der Waals surface area contributed by atoms with Crippen LogP contribution in [0.1, 0.15) is 13.3 Å². The number of imidazole rings is 1. The fourth-order valence-corrected chi connectivity index (χ4v) is 2.47. The highest BCUT2D eigenvalue weighted by Crippen LogP contribution is 2.22. The predicted octanol–water partition coefficient (Wildman–Crippen LogP) is 2.66. The van der Waals surface area contributed by atoms with E-state index in [1.807, 2.05) is 18.2 Å². The number of aromatic nitrogens is 2. The van der Waals surface area contributed by atoms with Gasteiger partial charge in [-0.3, -0.25) is 0 Å². The number of H-pyrrole nitrogens is 1. The van der Waals surface area contributed by atoms with Gasteiger partial charge in [0.15, 0.2) is 5.16 Å². The van der Waals surface area contributed by atoms with E-state index in [0.717, 1.165) is 40.8 Å². The van der Waals surface area contributed by atoms with Crippen LogP contribution in [-0.4, -0.2) is 35.9 Å². The van der Waals surface area contributed by atoms with E-state index in [1.165, 1.54) is 6.42 Å². The van der Waals surface area contributed by atoms with Crippen molar-refractivity contribution in [3.05, 3.63) is 18.2 Å². The standard InChI is InChI=1S/C13H19N3OS/c1-3-6-14-7-8-18-13-15-11-5-4-10(17-2)9-12(11)16-13/h4-5,9,14H,3,6-8H2,1-2H3,(H,15,16). The van der Waals surface area contributed by atoms with Crippen LogP contribution in [0.15, 0.2) is 23.4 Å². The zero-order chi connectivity index (χ0) is 12.8. The number of thioether (sulfide) groups is 1. The number of aromatic amines is 1. The van der Waals surface area contributed by atoms with Crippen molar-refractivity contribution in [2.75, 3.05) is 26.0 Å². The first kappa shape index (κ1) is 13.2. The van der Waals surface area contributed by atoms with Crippen molar-refractivity contribution < 1.29 is 4.74 Å². The second-order valence-electron chi connectivity index (χ2n) is 4.02. The number of nitrogens with one attached hydrogen (secondary N) is 2. The van der Waals surface area contributed by atoms with E-state index in [1.54, 1.807) is 18.9 Å². The molecule has 0 aliphatic rings. The molecule has 1 aromatic carbocycles. The van der Waals surface area contributed by atoms with E-state index in [-0.39, 0.29) is 0 Å². The smallest absolute Gasteiger partial charge is 0.166 e. The van der Waals surface area contributed by atoms with Crippen molar-refractivity contribution in [3.63, 3.8) is 0 Å². The van der Waals surface area contributed by atoms with Gasteiger partial charge in [0, 0.05) is 18.4 Å². The number of benzene rings is 1. The number of nitrogens with zero attached hydrogens (tertiary/aromatic N) is 1. The maximum Gasteiger partial charge on any atom is 0.166 e. The maximum absolute atomic E-state index is 5.19. The van der Waals surface area contributed by atoms with Gasteiger partial charge in [0.1, 0.15) is 5.75 Å². The third kappa shape index (κ3) is 3.40. The van der Waals surface area contributed by atoms with Gasteiger partial charge in [0.2, 0.25) is 0 Å². The number of ether oxygens (including phenoxy) is 1. The Hall–Kier alpha value is -1.20. The summed E-state index contributed by atoms with van der Waals surface area (Å²) in [5, 5.41) is 4.34. The molecule has 2 rings (SSSR count).